The average Bonchev–Trinajstić information content (AvgIpc) is 3.74. The van der Waals surface area contributed by atoms with Crippen LogP contribution in [0.25, 0.3) is 0 Å². The molecule has 6 heteroatoms. The summed E-state index contributed by atoms with van der Waals surface area (Å²) in [4.78, 5) is 18.5. The predicted molar refractivity (Wildman–Crippen MR) is 143 cm³/mol. The van der Waals surface area contributed by atoms with Gasteiger partial charge in [0.15, 0.2) is 11.5 Å². The monoisotopic (exact) mass is 514 g/mol. The Morgan fingerprint density at radius 2 is 1.82 bits per heavy atom. The number of hydrogen-bond donors (Lipinski definition) is 2. The van der Waals surface area contributed by atoms with Crippen LogP contribution in [0.15, 0.2) is 36.4 Å². The highest BCUT2D eigenvalue weighted by Crippen LogP contribution is 2.70. The van der Waals surface area contributed by atoms with Gasteiger partial charge in [-0.05, 0) is 81.9 Å². The van der Waals surface area contributed by atoms with Crippen LogP contribution in [0.3, 0.4) is 0 Å². The quantitative estimate of drug-likeness (QED) is 0.593. The molecule has 3 saturated carbocycles. The van der Waals surface area contributed by atoms with Gasteiger partial charge in [-0.1, -0.05) is 35.9 Å². The van der Waals surface area contributed by atoms with E-state index in [2.05, 4.69) is 47.9 Å². The van der Waals surface area contributed by atoms with Gasteiger partial charge in [-0.2, -0.15) is 0 Å². The Bertz CT molecular complexity index is 1320. The van der Waals surface area contributed by atoms with Gasteiger partial charge in [-0.3, -0.25) is 9.69 Å². The lowest BCUT2D eigenvalue weighted by Crippen LogP contribution is -2.68. The number of carbonyl (C=O) groups excluding carboxylic acids is 1. The minimum atomic E-state index is -0.901. The van der Waals surface area contributed by atoms with E-state index in [0.717, 1.165) is 55.8 Å². The van der Waals surface area contributed by atoms with Crippen LogP contribution in [0.4, 0.5) is 0 Å². The molecule has 6 aliphatic rings. The molecular weight excluding hydrogens is 476 g/mol. The van der Waals surface area contributed by atoms with Crippen molar-refractivity contribution in [3.05, 3.63) is 58.7 Å². The van der Waals surface area contributed by atoms with Gasteiger partial charge in [-0.25, -0.2) is 0 Å². The first-order valence-corrected chi connectivity index (χ1v) is 14.7. The molecule has 1 amide bonds. The van der Waals surface area contributed by atoms with E-state index >= 15 is 0 Å². The highest BCUT2D eigenvalue weighted by atomic mass is 16.5. The lowest BCUT2D eigenvalue weighted by molar-refractivity contribution is -0.150. The lowest BCUT2D eigenvalue weighted by atomic mass is 9.57. The van der Waals surface area contributed by atoms with Crippen molar-refractivity contribution in [3.63, 3.8) is 0 Å². The predicted octanol–water partition coefficient (Wildman–Crippen LogP) is 3.86. The number of fused-ring (bicyclic) bond motifs is 3. The van der Waals surface area contributed by atoms with Crippen molar-refractivity contribution < 1.29 is 19.7 Å². The average molecular weight is 515 g/mol. The molecule has 8 rings (SSSR count). The number of nitrogens with zero attached hydrogens (tertiary/aromatic N) is 2. The molecule has 38 heavy (non-hydrogen) atoms. The number of carbonyl (C=O) groups is 1. The van der Waals surface area contributed by atoms with Crippen LogP contribution in [0, 0.1) is 25.7 Å². The second-order valence-corrected chi connectivity index (χ2v) is 13.2. The number of benzene rings is 2. The highest BCUT2D eigenvalue weighted by molar-refractivity contribution is 5.82. The van der Waals surface area contributed by atoms with E-state index in [0.29, 0.717) is 18.2 Å². The second-order valence-electron chi connectivity index (χ2n) is 13.2. The first-order chi connectivity index (χ1) is 18.3. The van der Waals surface area contributed by atoms with Crippen LogP contribution in [0.2, 0.25) is 0 Å². The fourth-order valence-corrected chi connectivity index (χ4v) is 9.07. The van der Waals surface area contributed by atoms with Gasteiger partial charge in [0.25, 0.3) is 0 Å². The van der Waals surface area contributed by atoms with Crippen molar-refractivity contribution in [1.82, 2.24) is 9.80 Å². The molecule has 2 aromatic rings. The number of aryl methyl sites for hydroxylation is 2. The van der Waals surface area contributed by atoms with Gasteiger partial charge in [0.2, 0.25) is 5.91 Å². The minimum Gasteiger partial charge on any atom is -0.504 e. The fraction of sp³-hybridized carbons (Fsp3) is 0.594. The highest BCUT2D eigenvalue weighted by Gasteiger charge is 2.81. The summed E-state index contributed by atoms with van der Waals surface area (Å²) in [5.74, 6) is 1.68. The van der Waals surface area contributed by atoms with E-state index in [9.17, 15) is 15.0 Å². The summed E-state index contributed by atoms with van der Waals surface area (Å²) in [7, 11) is 0. The normalized spacial score (nSPS) is 40.4. The van der Waals surface area contributed by atoms with Crippen LogP contribution in [0.1, 0.15) is 60.8 Å². The number of amides is 1. The number of phenols is 1. The maximum atomic E-state index is 13.8. The molecule has 0 aromatic heterocycles. The number of rotatable bonds is 5. The van der Waals surface area contributed by atoms with Gasteiger partial charge in [0, 0.05) is 30.6 Å². The molecule has 2 N–H and O–H groups in total. The molecule has 1 spiro atoms. The Morgan fingerprint density at radius 3 is 2.58 bits per heavy atom. The van der Waals surface area contributed by atoms with Gasteiger partial charge in [0.05, 0.1) is 23.1 Å². The van der Waals surface area contributed by atoms with Crippen molar-refractivity contribution in [1.29, 1.82) is 0 Å². The summed E-state index contributed by atoms with van der Waals surface area (Å²) in [5.41, 5.74) is 3.02. The third kappa shape index (κ3) is 2.99. The van der Waals surface area contributed by atoms with E-state index in [4.69, 9.17) is 4.74 Å². The molecule has 8 atom stereocenters. The Morgan fingerprint density at radius 1 is 1.03 bits per heavy atom. The van der Waals surface area contributed by atoms with Crippen LogP contribution >= 0.6 is 0 Å². The van der Waals surface area contributed by atoms with E-state index < -0.39 is 11.0 Å². The first kappa shape index (κ1) is 23.3. The summed E-state index contributed by atoms with van der Waals surface area (Å²) in [6.45, 7) is 5.99. The van der Waals surface area contributed by atoms with Gasteiger partial charge in [-0.15, -0.1) is 0 Å². The summed E-state index contributed by atoms with van der Waals surface area (Å²) in [5, 5.41) is 23.5. The van der Waals surface area contributed by atoms with Crippen molar-refractivity contribution in [3.8, 4) is 11.5 Å². The molecule has 200 valence electrons. The maximum absolute atomic E-state index is 13.8. The van der Waals surface area contributed by atoms with E-state index in [1.807, 2.05) is 6.07 Å². The van der Waals surface area contributed by atoms with Crippen molar-refractivity contribution in [2.75, 3.05) is 13.1 Å². The molecule has 3 aliphatic heterocycles. The fourth-order valence-electron chi connectivity index (χ4n) is 9.07. The van der Waals surface area contributed by atoms with Crippen LogP contribution < -0.4 is 4.74 Å². The van der Waals surface area contributed by atoms with Crippen molar-refractivity contribution in [2.45, 2.75) is 94.0 Å². The number of hydrogen-bond acceptors (Lipinski definition) is 5. The molecule has 3 unspecified atom stereocenters. The van der Waals surface area contributed by atoms with Crippen LogP contribution in [0.5, 0.6) is 11.5 Å². The summed E-state index contributed by atoms with van der Waals surface area (Å²) < 4.78 is 6.71. The zero-order valence-corrected chi connectivity index (χ0v) is 22.4. The Labute approximate surface area is 224 Å². The van der Waals surface area contributed by atoms with E-state index in [1.165, 1.54) is 24.0 Å². The zero-order chi connectivity index (χ0) is 26.0. The largest absolute Gasteiger partial charge is 0.504 e. The summed E-state index contributed by atoms with van der Waals surface area (Å²) in [6, 6.07) is 12.6. The second kappa shape index (κ2) is 7.76. The third-order valence-electron chi connectivity index (χ3n) is 11.1. The maximum Gasteiger partial charge on any atom is 0.226 e. The minimum absolute atomic E-state index is 0.0144. The summed E-state index contributed by atoms with van der Waals surface area (Å²) >= 11 is 0. The van der Waals surface area contributed by atoms with Gasteiger partial charge in [0.1, 0.15) is 6.10 Å². The molecule has 3 aliphatic carbocycles. The lowest BCUT2D eigenvalue weighted by Gasteiger charge is -2.53. The molecule has 2 saturated heterocycles. The number of likely N-dealkylation sites (tertiary alicyclic amines) is 2. The van der Waals surface area contributed by atoms with Gasteiger partial charge >= 0.3 is 0 Å². The Hall–Kier alpha value is -2.57. The third-order valence-corrected chi connectivity index (χ3v) is 11.1. The number of aromatic hydroxyl groups is 1. The summed E-state index contributed by atoms with van der Waals surface area (Å²) in [6.07, 6.45) is 6.15. The number of piperidine rings is 1. The van der Waals surface area contributed by atoms with Crippen LogP contribution in [-0.4, -0.2) is 68.8 Å². The van der Waals surface area contributed by atoms with E-state index in [1.54, 1.807) is 6.07 Å². The smallest absolute Gasteiger partial charge is 0.226 e. The number of phenolic OH excluding ortho intramolecular Hbond substituents is 1. The van der Waals surface area contributed by atoms with Crippen LogP contribution in [-0.2, 0) is 16.6 Å². The molecule has 6 nitrogen and oxygen atoms in total. The number of aliphatic hydroxyl groups is 1. The molecule has 0 bridgehead atoms. The van der Waals surface area contributed by atoms with Gasteiger partial charge < -0.3 is 19.8 Å². The molecule has 5 fully saturated rings. The molecule has 2 aromatic carbocycles. The standard InChI is InChI=1S/C32H38N2O4/c1-18-3-6-20(7-4-18)15-22-12-14-33(30(22)36)23-11-13-32(37)28-24(34(28)17-21-8-9-21)16-31(32)26-19(2)5-10-25(35)27(26)38-29(23)31/h3-7,10,21-24,28-29,35,37H,8-9,11-17H2,1-2H3/t22?,23-,24?,28+,29-,31-,32+,34?/m0/s1. The Kier molecular flexibility index (Phi) is 4.76. The van der Waals surface area contributed by atoms with E-state index in [-0.39, 0.29) is 35.8 Å². The van der Waals surface area contributed by atoms with Crippen molar-refractivity contribution in [2.24, 2.45) is 11.8 Å². The molecule has 0 radical (unpaired) electrons. The zero-order valence-electron chi connectivity index (χ0n) is 22.4. The molecule has 3 heterocycles. The topological polar surface area (TPSA) is 73.0 Å². The first-order valence-electron chi connectivity index (χ1n) is 14.7. The number of ether oxygens (including phenoxy) is 1. The SMILES string of the molecule is Cc1ccc(CC2CCN([C@H]3CC[C@@]4(O)[C@H]5C(C[C@@]46c4c(C)ccc(O)c4O[C@@H]36)N5CC3CC3)C2=O)cc1. The Balaban J connectivity index is 1.13. The molecular formula is C32H38N2O4. The van der Waals surface area contributed by atoms with Crippen molar-refractivity contribution >= 4 is 5.91 Å².